The molecule has 1 aromatic rings. The highest BCUT2D eigenvalue weighted by molar-refractivity contribution is 7.86. The SMILES string of the molecule is Cl.O=S(=O)(O)c1ccccc1OC(F)(F)F. The Kier molecular flexibility index (Phi) is 4.59. The molecule has 0 aromatic heterocycles. The Hall–Kier alpha value is -0.990. The Morgan fingerprint density at radius 3 is 2.12 bits per heavy atom. The third kappa shape index (κ3) is 4.25. The molecule has 0 unspecified atom stereocenters. The fraction of sp³-hybridized carbons (Fsp3) is 0.143. The molecule has 0 aliphatic rings. The van der Waals surface area contributed by atoms with Gasteiger partial charge in [-0.1, -0.05) is 12.1 Å². The minimum absolute atomic E-state index is 0. The van der Waals surface area contributed by atoms with E-state index in [0.717, 1.165) is 24.3 Å². The first kappa shape index (κ1) is 15.0. The molecule has 0 atom stereocenters. The van der Waals surface area contributed by atoms with Gasteiger partial charge in [0.15, 0.2) is 5.75 Å². The molecule has 0 spiro atoms. The monoisotopic (exact) mass is 278 g/mol. The van der Waals surface area contributed by atoms with Crippen molar-refractivity contribution in [2.45, 2.75) is 11.3 Å². The van der Waals surface area contributed by atoms with Crippen LogP contribution >= 0.6 is 12.4 Å². The summed E-state index contributed by atoms with van der Waals surface area (Å²) in [6.45, 7) is 0. The highest BCUT2D eigenvalue weighted by Gasteiger charge is 2.33. The number of ether oxygens (including phenoxy) is 1. The smallest absolute Gasteiger partial charge is 0.404 e. The average Bonchev–Trinajstić information content (AvgIpc) is 1.99. The zero-order chi connectivity index (χ0) is 11.7. The highest BCUT2D eigenvalue weighted by Crippen LogP contribution is 2.28. The summed E-state index contributed by atoms with van der Waals surface area (Å²) in [5.41, 5.74) is 0. The van der Waals surface area contributed by atoms with Gasteiger partial charge in [-0.2, -0.15) is 8.42 Å². The Morgan fingerprint density at radius 2 is 1.69 bits per heavy atom. The number of hydrogen-bond donors (Lipinski definition) is 1. The minimum Gasteiger partial charge on any atom is -0.404 e. The second-order valence-electron chi connectivity index (χ2n) is 2.47. The van der Waals surface area contributed by atoms with Gasteiger partial charge in [-0.3, -0.25) is 4.55 Å². The van der Waals surface area contributed by atoms with E-state index in [1.807, 2.05) is 0 Å². The lowest BCUT2D eigenvalue weighted by Crippen LogP contribution is -2.18. The summed E-state index contributed by atoms with van der Waals surface area (Å²) < 4.78 is 68.7. The van der Waals surface area contributed by atoms with Gasteiger partial charge in [0.05, 0.1) is 0 Å². The van der Waals surface area contributed by atoms with Crippen LogP contribution in [0.4, 0.5) is 13.2 Å². The molecular weight excluding hydrogens is 273 g/mol. The third-order valence-corrected chi connectivity index (χ3v) is 2.25. The maximum absolute atomic E-state index is 11.8. The first-order valence-electron chi connectivity index (χ1n) is 3.52. The highest BCUT2D eigenvalue weighted by atomic mass is 35.5. The molecular formula is C7H6ClF3O4S. The van der Waals surface area contributed by atoms with E-state index in [2.05, 4.69) is 4.74 Å². The van der Waals surface area contributed by atoms with Crippen molar-refractivity contribution in [2.75, 3.05) is 0 Å². The summed E-state index contributed by atoms with van der Waals surface area (Å²) in [7, 11) is -4.73. The molecule has 1 N–H and O–H groups in total. The average molecular weight is 279 g/mol. The first-order chi connectivity index (χ1) is 6.70. The van der Waals surface area contributed by atoms with E-state index in [1.165, 1.54) is 0 Å². The normalized spacial score (nSPS) is 11.8. The van der Waals surface area contributed by atoms with Crippen LogP contribution in [0.25, 0.3) is 0 Å². The maximum Gasteiger partial charge on any atom is 0.573 e. The number of alkyl halides is 3. The standard InChI is InChI=1S/C7H5F3O4S.ClH/c8-7(9,10)14-5-3-1-2-4-6(5)15(11,12)13;/h1-4H,(H,11,12,13);1H. The third-order valence-electron chi connectivity index (χ3n) is 1.35. The maximum atomic E-state index is 11.8. The fourth-order valence-corrected chi connectivity index (χ4v) is 1.49. The Labute approximate surface area is 95.2 Å². The van der Waals surface area contributed by atoms with E-state index in [9.17, 15) is 21.6 Å². The molecule has 0 aliphatic carbocycles. The summed E-state index contributed by atoms with van der Waals surface area (Å²) in [5.74, 6) is -0.965. The summed E-state index contributed by atoms with van der Waals surface area (Å²) in [4.78, 5) is -0.928. The number of para-hydroxylation sites is 1. The van der Waals surface area contributed by atoms with Gasteiger partial charge in [-0.05, 0) is 12.1 Å². The zero-order valence-electron chi connectivity index (χ0n) is 7.43. The summed E-state index contributed by atoms with van der Waals surface area (Å²) in [5, 5.41) is 0. The molecule has 0 radical (unpaired) electrons. The van der Waals surface area contributed by atoms with Crippen LogP contribution in [-0.4, -0.2) is 19.3 Å². The van der Waals surface area contributed by atoms with Gasteiger partial charge in [0.1, 0.15) is 4.90 Å². The van der Waals surface area contributed by atoms with E-state index >= 15 is 0 Å². The molecule has 0 bridgehead atoms. The first-order valence-corrected chi connectivity index (χ1v) is 4.96. The molecule has 0 saturated heterocycles. The van der Waals surface area contributed by atoms with Gasteiger partial charge in [0.2, 0.25) is 0 Å². The van der Waals surface area contributed by atoms with Crippen molar-refractivity contribution in [1.29, 1.82) is 0 Å². The predicted molar refractivity (Wildman–Crippen MR) is 50.2 cm³/mol. The lowest BCUT2D eigenvalue weighted by Gasteiger charge is -2.10. The van der Waals surface area contributed by atoms with Gasteiger partial charge in [-0.25, -0.2) is 0 Å². The summed E-state index contributed by atoms with van der Waals surface area (Å²) in [6.07, 6.45) is -5.01. The zero-order valence-corrected chi connectivity index (χ0v) is 9.06. The topological polar surface area (TPSA) is 63.6 Å². The van der Waals surface area contributed by atoms with Crippen LogP contribution in [-0.2, 0) is 10.1 Å². The van der Waals surface area contributed by atoms with Crippen molar-refractivity contribution >= 4 is 22.5 Å². The summed E-state index contributed by atoms with van der Waals surface area (Å²) >= 11 is 0. The number of halogens is 4. The van der Waals surface area contributed by atoms with E-state index < -0.39 is 27.1 Å². The van der Waals surface area contributed by atoms with Crippen molar-refractivity contribution in [3.05, 3.63) is 24.3 Å². The molecule has 0 amide bonds. The molecule has 0 heterocycles. The number of hydrogen-bond acceptors (Lipinski definition) is 3. The van der Waals surface area contributed by atoms with E-state index in [-0.39, 0.29) is 12.4 Å². The van der Waals surface area contributed by atoms with Crippen molar-refractivity contribution in [3.8, 4) is 5.75 Å². The van der Waals surface area contributed by atoms with Crippen LogP contribution in [0.5, 0.6) is 5.75 Å². The van der Waals surface area contributed by atoms with E-state index in [4.69, 9.17) is 4.55 Å². The number of benzene rings is 1. The van der Waals surface area contributed by atoms with Gasteiger partial charge in [0, 0.05) is 0 Å². The predicted octanol–water partition coefficient (Wildman–Crippen LogP) is 2.25. The second kappa shape index (κ2) is 4.89. The van der Waals surface area contributed by atoms with Gasteiger partial charge in [0.25, 0.3) is 10.1 Å². The van der Waals surface area contributed by atoms with Gasteiger partial charge >= 0.3 is 6.36 Å². The van der Waals surface area contributed by atoms with Crippen LogP contribution in [0.2, 0.25) is 0 Å². The molecule has 1 aromatic carbocycles. The second-order valence-corrected chi connectivity index (χ2v) is 3.86. The fourth-order valence-electron chi connectivity index (χ4n) is 0.872. The Bertz CT molecular complexity index is 457. The Morgan fingerprint density at radius 1 is 1.19 bits per heavy atom. The lowest BCUT2D eigenvalue weighted by atomic mass is 10.3. The van der Waals surface area contributed by atoms with Crippen molar-refractivity contribution < 1.29 is 30.9 Å². The van der Waals surface area contributed by atoms with Crippen LogP contribution < -0.4 is 4.74 Å². The van der Waals surface area contributed by atoms with Crippen LogP contribution in [0, 0.1) is 0 Å². The van der Waals surface area contributed by atoms with Crippen LogP contribution in [0.15, 0.2) is 29.2 Å². The lowest BCUT2D eigenvalue weighted by molar-refractivity contribution is -0.275. The largest absolute Gasteiger partial charge is 0.573 e. The molecule has 4 nitrogen and oxygen atoms in total. The Balaban J connectivity index is 0.00000225. The molecule has 0 aliphatic heterocycles. The van der Waals surface area contributed by atoms with Gasteiger partial charge in [-0.15, -0.1) is 25.6 Å². The minimum atomic E-state index is -5.01. The van der Waals surface area contributed by atoms with Gasteiger partial charge < -0.3 is 4.74 Å². The van der Waals surface area contributed by atoms with Crippen LogP contribution in [0.3, 0.4) is 0 Å². The van der Waals surface area contributed by atoms with E-state index in [1.54, 1.807) is 0 Å². The quantitative estimate of drug-likeness (QED) is 0.843. The molecule has 16 heavy (non-hydrogen) atoms. The van der Waals surface area contributed by atoms with Crippen LogP contribution in [0.1, 0.15) is 0 Å². The van der Waals surface area contributed by atoms with Crippen molar-refractivity contribution in [3.63, 3.8) is 0 Å². The van der Waals surface area contributed by atoms with E-state index in [0.29, 0.717) is 0 Å². The molecule has 0 fully saturated rings. The molecule has 1 rings (SSSR count). The molecule has 0 saturated carbocycles. The summed E-state index contributed by atoms with van der Waals surface area (Å²) in [6, 6.07) is 3.90. The van der Waals surface area contributed by atoms with Crippen molar-refractivity contribution in [1.82, 2.24) is 0 Å². The molecule has 9 heteroatoms. The molecule has 92 valence electrons. The number of rotatable bonds is 2. The van der Waals surface area contributed by atoms with Crippen molar-refractivity contribution in [2.24, 2.45) is 0 Å².